The Morgan fingerprint density at radius 1 is 0.828 bits per heavy atom. The van der Waals surface area contributed by atoms with Crippen molar-refractivity contribution in [3.8, 4) is 0 Å². The maximum atomic E-state index is 13.1. The van der Waals surface area contributed by atoms with Crippen LogP contribution in [0, 0.1) is 5.92 Å². The number of nitrogens with zero attached hydrogens (tertiary/aromatic N) is 3. The lowest BCUT2D eigenvalue weighted by Gasteiger charge is -2.37. The first-order valence-electron chi connectivity index (χ1n) is 11.0. The van der Waals surface area contributed by atoms with Gasteiger partial charge in [0.2, 0.25) is 5.91 Å². The first kappa shape index (κ1) is 22.1. The molecule has 1 aromatic rings. The SMILES string of the molecule is CC(=O)c1ccc(N2CCC(C(=O)N3CCCN(C4CCC4)CC3)CC2)cc1.Cl. The summed E-state index contributed by atoms with van der Waals surface area (Å²) < 4.78 is 0. The lowest BCUT2D eigenvalue weighted by molar-refractivity contribution is -0.136. The maximum absolute atomic E-state index is 13.1. The molecule has 1 aromatic carbocycles. The zero-order valence-corrected chi connectivity index (χ0v) is 18.3. The molecule has 0 atom stereocenters. The van der Waals surface area contributed by atoms with Crippen molar-refractivity contribution in [1.29, 1.82) is 0 Å². The Hall–Kier alpha value is -1.59. The van der Waals surface area contributed by atoms with Gasteiger partial charge < -0.3 is 9.80 Å². The number of carbonyl (C=O) groups excluding carboxylic acids is 2. The molecule has 0 spiro atoms. The molecule has 2 aliphatic heterocycles. The molecule has 0 radical (unpaired) electrons. The molecule has 6 heteroatoms. The van der Waals surface area contributed by atoms with Crippen molar-refractivity contribution < 1.29 is 9.59 Å². The number of halogens is 1. The van der Waals surface area contributed by atoms with Crippen molar-refractivity contribution in [2.45, 2.75) is 51.5 Å². The highest BCUT2D eigenvalue weighted by atomic mass is 35.5. The number of ketones is 1. The van der Waals surface area contributed by atoms with Crippen LogP contribution in [0.3, 0.4) is 0 Å². The van der Waals surface area contributed by atoms with Crippen molar-refractivity contribution in [2.24, 2.45) is 5.92 Å². The molecule has 4 rings (SSSR count). The van der Waals surface area contributed by atoms with Gasteiger partial charge in [-0.15, -0.1) is 12.4 Å². The van der Waals surface area contributed by atoms with Gasteiger partial charge in [0, 0.05) is 62.5 Å². The van der Waals surface area contributed by atoms with E-state index in [4.69, 9.17) is 0 Å². The molecule has 0 unspecified atom stereocenters. The van der Waals surface area contributed by atoms with Gasteiger partial charge in [-0.25, -0.2) is 0 Å². The molecule has 0 aromatic heterocycles. The minimum atomic E-state index is 0. The topological polar surface area (TPSA) is 43.9 Å². The van der Waals surface area contributed by atoms with Crippen LogP contribution < -0.4 is 4.90 Å². The van der Waals surface area contributed by atoms with E-state index in [9.17, 15) is 9.59 Å². The second kappa shape index (κ2) is 9.94. The summed E-state index contributed by atoms with van der Waals surface area (Å²) in [5.74, 6) is 0.647. The van der Waals surface area contributed by atoms with Crippen LogP contribution in [-0.4, -0.2) is 66.8 Å². The van der Waals surface area contributed by atoms with Gasteiger partial charge in [-0.1, -0.05) is 6.42 Å². The third-order valence-electron chi connectivity index (χ3n) is 6.92. The van der Waals surface area contributed by atoms with E-state index in [0.717, 1.165) is 75.8 Å². The standard InChI is InChI=1S/C23H33N3O2.ClH/c1-18(27)19-6-8-22(9-7-19)25-14-10-20(11-15-25)23(28)26-13-3-12-24(16-17-26)21-4-2-5-21;/h6-9,20-21H,2-5,10-17H2,1H3;1H. The molecule has 1 aliphatic carbocycles. The second-order valence-electron chi connectivity index (χ2n) is 8.66. The Kier molecular flexibility index (Phi) is 7.58. The number of anilines is 1. The number of benzene rings is 1. The fourth-order valence-corrected chi connectivity index (χ4v) is 4.82. The number of hydrogen-bond donors (Lipinski definition) is 0. The quantitative estimate of drug-likeness (QED) is 0.699. The van der Waals surface area contributed by atoms with Gasteiger partial charge in [-0.2, -0.15) is 0 Å². The molecule has 160 valence electrons. The number of hydrogen-bond acceptors (Lipinski definition) is 4. The predicted octanol–water partition coefficient (Wildman–Crippen LogP) is 3.61. The number of amides is 1. The Bertz CT molecular complexity index is 697. The van der Waals surface area contributed by atoms with Gasteiger partial charge in [0.1, 0.15) is 0 Å². The minimum absolute atomic E-state index is 0. The van der Waals surface area contributed by atoms with E-state index in [1.807, 2.05) is 24.3 Å². The molecule has 0 bridgehead atoms. The molecule has 3 fully saturated rings. The molecule has 3 aliphatic rings. The van der Waals surface area contributed by atoms with Crippen LogP contribution in [0.4, 0.5) is 5.69 Å². The number of rotatable bonds is 4. The fourth-order valence-electron chi connectivity index (χ4n) is 4.82. The summed E-state index contributed by atoms with van der Waals surface area (Å²) in [5.41, 5.74) is 1.91. The highest BCUT2D eigenvalue weighted by molar-refractivity contribution is 5.94. The van der Waals surface area contributed by atoms with Crippen LogP contribution in [0.1, 0.15) is 55.8 Å². The van der Waals surface area contributed by atoms with Crippen molar-refractivity contribution in [3.05, 3.63) is 29.8 Å². The van der Waals surface area contributed by atoms with Gasteiger partial charge in [0.25, 0.3) is 0 Å². The summed E-state index contributed by atoms with van der Waals surface area (Å²) in [6.45, 7) is 7.47. The maximum Gasteiger partial charge on any atom is 0.225 e. The number of piperidine rings is 1. The highest BCUT2D eigenvalue weighted by Crippen LogP contribution is 2.28. The van der Waals surface area contributed by atoms with E-state index in [0.29, 0.717) is 5.91 Å². The minimum Gasteiger partial charge on any atom is -0.371 e. The summed E-state index contributed by atoms with van der Waals surface area (Å²) >= 11 is 0. The largest absolute Gasteiger partial charge is 0.371 e. The molecule has 1 saturated carbocycles. The molecular weight excluding hydrogens is 386 g/mol. The van der Waals surface area contributed by atoms with Crippen LogP contribution in [0.5, 0.6) is 0 Å². The summed E-state index contributed by atoms with van der Waals surface area (Å²) in [6, 6.07) is 8.65. The summed E-state index contributed by atoms with van der Waals surface area (Å²) in [6.07, 6.45) is 7.04. The van der Waals surface area contributed by atoms with Gasteiger partial charge in [-0.05, 0) is 63.3 Å². The van der Waals surface area contributed by atoms with Gasteiger partial charge in [-0.3, -0.25) is 14.5 Å². The third-order valence-corrected chi connectivity index (χ3v) is 6.92. The van der Waals surface area contributed by atoms with Crippen molar-refractivity contribution in [2.75, 3.05) is 44.2 Å². The summed E-state index contributed by atoms with van der Waals surface area (Å²) in [7, 11) is 0. The molecular formula is C23H34ClN3O2. The van der Waals surface area contributed by atoms with Crippen molar-refractivity contribution in [3.63, 3.8) is 0 Å². The average molecular weight is 420 g/mol. The predicted molar refractivity (Wildman–Crippen MR) is 119 cm³/mol. The molecule has 29 heavy (non-hydrogen) atoms. The molecule has 2 heterocycles. The van der Waals surface area contributed by atoms with E-state index < -0.39 is 0 Å². The molecule has 2 saturated heterocycles. The fraction of sp³-hybridized carbons (Fsp3) is 0.652. The Balaban J connectivity index is 0.00000240. The van der Waals surface area contributed by atoms with Crippen LogP contribution in [0.15, 0.2) is 24.3 Å². The number of carbonyl (C=O) groups is 2. The molecule has 5 nitrogen and oxygen atoms in total. The van der Waals surface area contributed by atoms with Crippen molar-refractivity contribution in [1.82, 2.24) is 9.80 Å². The zero-order valence-electron chi connectivity index (χ0n) is 17.5. The van der Waals surface area contributed by atoms with Crippen LogP contribution in [0.2, 0.25) is 0 Å². The van der Waals surface area contributed by atoms with Gasteiger partial charge in [0.05, 0.1) is 0 Å². The summed E-state index contributed by atoms with van der Waals surface area (Å²) in [4.78, 5) is 31.6. The van der Waals surface area contributed by atoms with E-state index in [-0.39, 0.29) is 24.1 Å². The Morgan fingerprint density at radius 2 is 1.52 bits per heavy atom. The van der Waals surface area contributed by atoms with Crippen LogP contribution in [0.25, 0.3) is 0 Å². The Morgan fingerprint density at radius 3 is 2.10 bits per heavy atom. The smallest absolute Gasteiger partial charge is 0.225 e. The lowest BCUT2D eigenvalue weighted by Crippen LogP contribution is -2.45. The normalized spacial score (nSPS) is 21.8. The summed E-state index contributed by atoms with van der Waals surface area (Å²) in [5, 5.41) is 0. The van der Waals surface area contributed by atoms with Gasteiger partial charge >= 0.3 is 0 Å². The second-order valence-corrected chi connectivity index (χ2v) is 8.66. The van der Waals surface area contributed by atoms with E-state index in [2.05, 4.69) is 14.7 Å². The van der Waals surface area contributed by atoms with E-state index in [1.54, 1.807) is 6.92 Å². The molecule has 0 N–H and O–H groups in total. The van der Waals surface area contributed by atoms with E-state index >= 15 is 0 Å². The van der Waals surface area contributed by atoms with Gasteiger partial charge in [0.15, 0.2) is 5.78 Å². The lowest BCUT2D eigenvalue weighted by atomic mass is 9.91. The molecule has 1 amide bonds. The van der Waals surface area contributed by atoms with E-state index in [1.165, 1.54) is 19.3 Å². The first-order chi connectivity index (χ1) is 13.6. The third kappa shape index (κ3) is 5.13. The van der Waals surface area contributed by atoms with Crippen molar-refractivity contribution >= 4 is 29.8 Å². The van der Waals surface area contributed by atoms with Crippen LogP contribution in [-0.2, 0) is 4.79 Å². The number of Topliss-reactive ketones (excluding diaryl/α,β-unsaturated/α-hetero) is 1. The highest BCUT2D eigenvalue weighted by Gasteiger charge is 2.31. The Labute approximate surface area is 180 Å². The average Bonchev–Trinajstić information content (AvgIpc) is 2.92. The zero-order chi connectivity index (χ0) is 19.5. The van der Waals surface area contributed by atoms with Crippen LogP contribution >= 0.6 is 12.4 Å². The monoisotopic (exact) mass is 419 g/mol. The first-order valence-corrected chi connectivity index (χ1v) is 11.0.